The minimum atomic E-state index is -0.476. The van der Waals surface area contributed by atoms with Gasteiger partial charge in [0.1, 0.15) is 5.82 Å². The average molecular weight is 378 g/mol. The van der Waals surface area contributed by atoms with E-state index in [1.54, 1.807) is 24.3 Å². The topological polar surface area (TPSA) is 87.3 Å². The fourth-order valence-corrected chi connectivity index (χ4v) is 2.13. The molecule has 8 heteroatoms. The van der Waals surface area contributed by atoms with E-state index in [-0.39, 0.29) is 31.1 Å². The first-order valence-electron chi connectivity index (χ1n) is 7.80. The van der Waals surface area contributed by atoms with E-state index in [0.29, 0.717) is 10.6 Å². The lowest BCUT2D eigenvalue weighted by molar-refractivity contribution is -0.120. The van der Waals surface area contributed by atoms with Crippen LogP contribution in [-0.4, -0.2) is 37.4 Å². The van der Waals surface area contributed by atoms with E-state index in [1.165, 1.54) is 24.3 Å². The highest BCUT2D eigenvalue weighted by Crippen LogP contribution is 2.09. The van der Waals surface area contributed by atoms with Crippen LogP contribution in [-0.2, 0) is 4.79 Å². The Balaban J connectivity index is 1.64. The number of hydrogen-bond donors (Lipinski definition) is 3. The summed E-state index contributed by atoms with van der Waals surface area (Å²) in [5.41, 5.74) is 0.724. The van der Waals surface area contributed by atoms with Crippen molar-refractivity contribution in [1.29, 1.82) is 0 Å². The third kappa shape index (κ3) is 6.18. The Morgan fingerprint density at radius 1 is 0.769 bits per heavy atom. The minimum absolute atomic E-state index is 0.213. The van der Waals surface area contributed by atoms with Crippen molar-refractivity contribution in [1.82, 2.24) is 16.0 Å². The molecule has 0 unspecified atom stereocenters. The number of carbonyl (C=O) groups excluding carboxylic acids is 3. The molecule has 2 aromatic rings. The van der Waals surface area contributed by atoms with Crippen molar-refractivity contribution in [3.05, 3.63) is 70.5 Å². The predicted molar refractivity (Wildman–Crippen MR) is 95.5 cm³/mol. The molecule has 0 saturated heterocycles. The maximum absolute atomic E-state index is 12.8. The lowest BCUT2D eigenvalue weighted by atomic mass is 10.2. The molecule has 0 spiro atoms. The number of rotatable bonds is 7. The van der Waals surface area contributed by atoms with Gasteiger partial charge in [0.05, 0.1) is 6.54 Å². The van der Waals surface area contributed by atoms with Crippen molar-refractivity contribution < 1.29 is 18.8 Å². The van der Waals surface area contributed by atoms with Gasteiger partial charge in [0.25, 0.3) is 11.8 Å². The molecular formula is C18H17ClFN3O3. The molecule has 0 aliphatic rings. The predicted octanol–water partition coefficient (Wildman–Crippen LogP) is 1.76. The summed E-state index contributed by atoms with van der Waals surface area (Å²) in [5.74, 6) is -1.60. The van der Waals surface area contributed by atoms with Crippen LogP contribution < -0.4 is 16.0 Å². The van der Waals surface area contributed by atoms with Gasteiger partial charge in [0.2, 0.25) is 5.91 Å². The fourth-order valence-electron chi connectivity index (χ4n) is 2.01. The maximum Gasteiger partial charge on any atom is 0.251 e. The van der Waals surface area contributed by atoms with E-state index in [1.807, 2.05) is 0 Å². The van der Waals surface area contributed by atoms with E-state index in [9.17, 15) is 18.8 Å². The van der Waals surface area contributed by atoms with Crippen LogP contribution in [0.4, 0.5) is 4.39 Å². The third-order valence-corrected chi connectivity index (χ3v) is 3.61. The van der Waals surface area contributed by atoms with E-state index in [4.69, 9.17) is 11.6 Å². The molecule has 0 fully saturated rings. The quantitative estimate of drug-likeness (QED) is 0.642. The van der Waals surface area contributed by atoms with Gasteiger partial charge in [-0.1, -0.05) is 11.6 Å². The second-order valence-electron chi connectivity index (χ2n) is 5.30. The van der Waals surface area contributed by atoms with Crippen LogP contribution in [0, 0.1) is 5.82 Å². The lowest BCUT2D eigenvalue weighted by Crippen LogP contribution is -2.40. The summed E-state index contributed by atoms with van der Waals surface area (Å²) in [7, 11) is 0. The Morgan fingerprint density at radius 3 is 1.88 bits per heavy atom. The Labute approximate surface area is 154 Å². The summed E-state index contributed by atoms with van der Waals surface area (Å²) in [5, 5.41) is 8.18. The van der Waals surface area contributed by atoms with Crippen molar-refractivity contribution in [2.75, 3.05) is 19.6 Å². The zero-order valence-electron chi connectivity index (χ0n) is 13.7. The van der Waals surface area contributed by atoms with Crippen molar-refractivity contribution in [2.45, 2.75) is 0 Å². The molecular weight excluding hydrogens is 361 g/mol. The van der Waals surface area contributed by atoms with Gasteiger partial charge < -0.3 is 16.0 Å². The number of hydrogen-bond acceptors (Lipinski definition) is 3. The first-order chi connectivity index (χ1) is 12.5. The van der Waals surface area contributed by atoms with Gasteiger partial charge in [0, 0.05) is 29.2 Å². The van der Waals surface area contributed by atoms with Gasteiger partial charge in [-0.3, -0.25) is 14.4 Å². The second-order valence-corrected chi connectivity index (χ2v) is 5.74. The van der Waals surface area contributed by atoms with Crippen LogP contribution in [0.1, 0.15) is 20.7 Å². The molecule has 0 radical (unpaired) electrons. The normalized spacial score (nSPS) is 10.1. The number of halogens is 2. The molecule has 3 N–H and O–H groups in total. The molecule has 2 aromatic carbocycles. The van der Waals surface area contributed by atoms with Gasteiger partial charge in [-0.05, 0) is 48.5 Å². The zero-order chi connectivity index (χ0) is 18.9. The molecule has 0 atom stereocenters. The monoisotopic (exact) mass is 377 g/mol. The SMILES string of the molecule is O=C(CNC(=O)c1ccc(F)cc1)NCCNC(=O)c1ccc(Cl)cc1. The molecule has 0 aliphatic carbocycles. The largest absolute Gasteiger partial charge is 0.353 e. The van der Waals surface area contributed by atoms with E-state index in [0.717, 1.165) is 0 Å². The maximum atomic E-state index is 12.8. The fraction of sp³-hybridized carbons (Fsp3) is 0.167. The van der Waals surface area contributed by atoms with Gasteiger partial charge >= 0.3 is 0 Å². The second kappa shape index (κ2) is 9.53. The smallest absolute Gasteiger partial charge is 0.251 e. The molecule has 136 valence electrons. The average Bonchev–Trinajstić information content (AvgIpc) is 2.64. The summed E-state index contributed by atoms with van der Waals surface area (Å²) in [4.78, 5) is 35.3. The van der Waals surface area contributed by atoms with Crippen molar-refractivity contribution in [3.8, 4) is 0 Å². The van der Waals surface area contributed by atoms with Gasteiger partial charge in [0.15, 0.2) is 0 Å². The number of carbonyl (C=O) groups is 3. The van der Waals surface area contributed by atoms with Crippen LogP contribution in [0.2, 0.25) is 5.02 Å². The van der Waals surface area contributed by atoms with Gasteiger partial charge in [-0.2, -0.15) is 0 Å². The standard InChI is InChI=1S/C18H17ClFN3O3/c19-14-5-1-12(2-6-14)17(25)22-10-9-21-16(24)11-23-18(26)13-3-7-15(20)8-4-13/h1-8H,9-11H2,(H,21,24)(H,22,25)(H,23,26). The van der Waals surface area contributed by atoms with E-state index >= 15 is 0 Å². The molecule has 2 rings (SSSR count). The van der Waals surface area contributed by atoms with Crippen molar-refractivity contribution >= 4 is 29.3 Å². The van der Waals surface area contributed by atoms with E-state index in [2.05, 4.69) is 16.0 Å². The summed E-state index contributed by atoms with van der Waals surface area (Å²) >= 11 is 5.75. The van der Waals surface area contributed by atoms with Crippen LogP contribution in [0.5, 0.6) is 0 Å². The van der Waals surface area contributed by atoms with Crippen LogP contribution in [0.25, 0.3) is 0 Å². The molecule has 0 aromatic heterocycles. The van der Waals surface area contributed by atoms with Crippen LogP contribution in [0.15, 0.2) is 48.5 Å². The van der Waals surface area contributed by atoms with E-state index < -0.39 is 17.6 Å². The van der Waals surface area contributed by atoms with Gasteiger partial charge in [-0.15, -0.1) is 0 Å². The Kier molecular flexibility index (Phi) is 7.11. The summed E-state index contributed by atoms with van der Waals surface area (Å²) in [6.07, 6.45) is 0. The molecule has 0 aliphatic heterocycles. The molecule has 0 bridgehead atoms. The third-order valence-electron chi connectivity index (χ3n) is 3.36. The highest BCUT2D eigenvalue weighted by atomic mass is 35.5. The Hall–Kier alpha value is -2.93. The minimum Gasteiger partial charge on any atom is -0.353 e. The van der Waals surface area contributed by atoms with Gasteiger partial charge in [-0.25, -0.2) is 4.39 Å². The molecule has 26 heavy (non-hydrogen) atoms. The number of amides is 3. The van der Waals surface area contributed by atoms with Crippen LogP contribution in [0.3, 0.4) is 0 Å². The summed E-state index contributed by atoms with van der Waals surface area (Å²) < 4.78 is 12.8. The first-order valence-corrected chi connectivity index (χ1v) is 8.18. The number of benzene rings is 2. The van der Waals surface area contributed by atoms with Crippen LogP contribution >= 0.6 is 11.6 Å². The zero-order valence-corrected chi connectivity index (χ0v) is 14.5. The number of nitrogens with one attached hydrogen (secondary N) is 3. The molecule has 3 amide bonds. The highest BCUT2D eigenvalue weighted by Gasteiger charge is 2.08. The molecule has 6 nitrogen and oxygen atoms in total. The summed E-state index contributed by atoms with van der Waals surface area (Å²) in [6, 6.07) is 11.4. The Bertz CT molecular complexity index is 779. The van der Waals surface area contributed by atoms with Crippen molar-refractivity contribution in [2.24, 2.45) is 0 Å². The Morgan fingerprint density at radius 2 is 1.27 bits per heavy atom. The highest BCUT2D eigenvalue weighted by molar-refractivity contribution is 6.30. The molecule has 0 saturated carbocycles. The first kappa shape index (κ1) is 19.4. The van der Waals surface area contributed by atoms with Crippen molar-refractivity contribution in [3.63, 3.8) is 0 Å². The summed E-state index contributed by atoms with van der Waals surface area (Å²) in [6.45, 7) is 0.227. The lowest BCUT2D eigenvalue weighted by Gasteiger charge is -2.08. The molecule has 0 heterocycles.